The highest BCUT2D eigenvalue weighted by atomic mass is 35.5. The van der Waals surface area contributed by atoms with Gasteiger partial charge in [0.25, 0.3) is 0 Å². The third-order valence-corrected chi connectivity index (χ3v) is 5.08. The van der Waals surface area contributed by atoms with E-state index in [4.69, 9.17) is 17.3 Å². The van der Waals surface area contributed by atoms with Crippen molar-refractivity contribution < 1.29 is 9.59 Å². The Hall–Kier alpha value is -1.11. The molecule has 1 atom stereocenters. The highest BCUT2D eigenvalue weighted by Gasteiger charge is 2.25. The van der Waals surface area contributed by atoms with Crippen LogP contribution in [0, 0.1) is 0 Å². The minimum atomic E-state index is -0.323. The van der Waals surface area contributed by atoms with Gasteiger partial charge in [0.2, 0.25) is 11.8 Å². The second-order valence-corrected chi connectivity index (χ2v) is 7.03. The zero-order chi connectivity index (χ0) is 15.4. The lowest BCUT2D eigenvalue weighted by molar-refractivity contribution is -0.132. The summed E-state index contributed by atoms with van der Waals surface area (Å²) in [6, 6.07) is 3.73. The zero-order valence-corrected chi connectivity index (χ0v) is 13.6. The van der Waals surface area contributed by atoms with Crippen molar-refractivity contribution in [1.29, 1.82) is 0 Å². The van der Waals surface area contributed by atoms with Crippen LogP contribution in [0.3, 0.4) is 0 Å². The highest BCUT2D eigenvalue weighted by molar-refractivity contribution is 7.16. The van der Waals surface area contributed by atoms with E-state index in [0.29, 0.717) is 17.4 Å². The second-order valence-electron chi connectivity index (χ2n) is 5.28. The maximum Gasteiger partial charge on any atom is 0.231 e. The smallest absolute Gasteiger partial charge is 0.231 e. The van der Waals surface area contributed by atoms with Gasteiger partial charge in [-0.1, -0.05) is 11.6 Å². The van der Waals surface area contributed by atoms with Gasteiger partial charge < -0.3 is 10.6 Å². The van der Waals surface area contributed by atoms with Crippen molar-refractivity contribution in [3.05, 3.63) is 21.3 Å². The van der Waals surface area contributed by atoms with Crippen molar-refractivity contribution in [3.8, 4) is 0 Å². The lowest BCUT2D eigenvalue weighted by atomic mass is 10.1. The summed E-state index contributed by atoms with van der Waals surface area (Å²) in [6.07, 6.45) is 0.858. The third kappa shape index (κ3) is 4.43. The average Bonchev–Trinajstić information content (AvgIpc) is 2.73. The molecule has 116 valence electrons. The predicted octanol–water partition coefficient (Wildman–Crippen LogP) is 1.52. The van der Waals surface area contributed by atoms with Crippen molar-refractivity contribution in [3.63, 3.8) is 0 Å². The molecule has 2 amide bonds. The van der Waals surface area contributed by atoms with Crippen LogP contribution >= 0.6 is 22.9 Å². The van der Waals surface area contributed by atoms with Gasteiger partial charge in [-0.2, -0.15) is 0 Å². The summed E-state index contributed by atoms with van der Waals surface area (Å²) in [5.41, 5.74) is 5.22. The lowest BCUT2D eigenvalue weighted by Crippen LogP contribution is -2.39. The van der Waals surface area contributed by atoms with Crippen LogP contribution in [0.15, 0.2) is 12.1 Å². The Kier molecular flexibility index (Phi) is 5.61. The minimum absolute atomic E-state index is 0.120. The van der Waals surface area contributed by atoms with Gasteiger partial charge in [0, 0.05) is 31.1 Å². The summed E-state index contributed by atoms with van der Waals surface area (Å²) in [5, 5.41) is 0. The maximum absolute atomic E-state index is 12.6. The first-order chi connectivity index (χ1) is 9.97. The summed E-state index contributed by atoms with van der Waals surface area (Å²) >= 11 is 7.38. The predicted molar refractivity (Wildman–Crippen MR) is 84.6 cm³/mol. The van der Waals surface area contributed by atoms with E-state index in [9.17, 15) is 9.59 Å². The molecule has 0 spiro atoms. The third-order valence-electron chi connectivity index (χ3n) is 3.67. The van der Waals surface area contributed by atoms with E-state index in [1.54, 1.807) is 0 Å². The molecular weight excluding hydrogens is 310 g/mol. The van der Waals surface area contributed by atoms with Crippen molar-refractivity contribution in [2.75, 3.05) is 32.7 Å². The van der Waals surface area contributed by atoms with Crippen LogP contribution in [0.2, 0.25) is 4.34 Å². The maximum atomic E-state index is 12.6. The molecule has 7 heteroatoms. The number of halogens is 1. The lowest BCUT2D eigenvalue weighted by Gasteiger charge is -2.24. The summed E-state index contributed by atoms with van der Waals surface area (Å²) in [4.78, 5) is 28.4. The van der Waals surface area contributed by atoms with E-state index in [-0.39, 0.29) is 24.3 Å². The SMILES string of the molecule is C[C@@H](C(=O)N1CCCN(CC(N)=O)CC1)c1ccc(Cl)s1. The van der Waals surface area contributed by atoms with Gasteiger partial charge in [-0.25, -0.2) is 0 Å². The number of amides is 2. The van der Waals surface area contributed by atoms with E-state index in [1.165, 1.54) is 11.3 Å². The molecule has 5 nitrogen and oxygen atoms in total. The number of hydrogen-bond acceptors (Lipinski definition) is 4. The largest absolute Gasteiger partial charge is 0.369 e. The van der Waals surface area contributed by atoms with Gasteiger partial charge in [0.05, 0.1) is 16.8 Å². The van der Waals surface area contributed by atoms with Crippen molar-refractivity contribution in [2.45, 2.75) is 19.3 Å². The fourth-order valence-corrected chi connectivity index (χ4v) is 3.63. The Labute approximate surface area is 133 Å². The molecule has 0 aromatic carbocycles. The van der Waals surface area contributed by atoms with Crippen molar-refractivity contribution in [2.24, 2.45) is 5.73 Å². The molecule has 1 fully saturated rings. The number of carbonyl (C=O) groups excluding carboxylic acids is 2. The molecule has 0 bridgehead atoms. The standard InChI is InChI=1S/C14H20ClN3O2S/c1-10(11-3-4-12(15)21-11)14(20)18-6-2-5-17(7-8-18)9-13(16)19/h3-4,10H,2,5-9H2,1H3,(H2,16,19)/t10-/m1/s1. The molecule has 0 radical (unpaired) electrons. The molecular formula is C14H20ClN3O2S. The number of nitrogens with zero attached hydrogens (tertiary/aromatic N) is 2. The molecule has 2 N–H and O–H groups in total. The number of primary amides is 1. The number of rotatable bonds is 4. The summed E-state index contributed by atoms with van der Waals surface area (Å²) in [6.45, 7) is 5.01. The number of carbonyl (C=O) groups is 2. The summed E-state index contributed by atoms with van der Waals surface area (Å²) in [7, 11) is 0. The fraction of sp³-hybridized carbons (Fsp3) is 0.571. The highest BCUT2D eigenvalue weighted by Crippen LogP contribution is 2.29. The van der Waals surface area contributed by atoms with Gasteiger partial charge in [-0.15, -0.1) is 11.3 Å². The van der Waals surface area contributed by atoms with Gasteiger partial charge >= 0.3 is 0 Å². The number of hydrogen-bond donors (Lipinski definition) is 1. The molecule has 0 unspecified atom stereocenters. The Bertz CT molecular complexity index is 520. The topological polar surface area (TPSA) is 66.6 Å². The minimum Gasteiger partial charge on any atom is -0.369 e. The molecule has 1 aliphatic heterocycles. The van der Waals surface area contributed by atoms with E-state index in [1.807, 2.05) is 28.9 Å². The Morgan fingerprint density at radius 3 is 2.71 bits per heavy atom. The molecule has 0 saturated carbocycles. The van der Waals surface area contributed by atoms with E-state index in [2.05, 4.69) is 0 Å². The normalized spacial score (nSPS) is 18.3. The van der Waals surface area contributed by atoms with Crippen LogP contribution in [0.4, 0.5) is 0 Å². The second kappa shape index (κ2) is 7.24. The molecule has 1 saturated heterocycles. The molecule has 1 aliphatic rings. The zero-order valence-electron chi connectivity index (χ0n) is 12.0. The van der Waals surface area contributed by atoms with E-state index >= 15 is 0 Å². The first-order valence-corrected chi connectivity index (χ1v) is 8.21. The first-order valence-electron chi connectivity index (χ1n) is 7.02. The quantitative estimate of drug-likeness (QED) is 0.911. The van der Waals surface area contributed by atoms with Gasteiger partial charge in [-0.05, 0) is 25.5 Å². The van der Waals surface area contributed by atoms with Crippen LogP contribution in [0.25, 0.3) is 0 Å². The van der Waals surface area contributed by atoms with Crippen LogP contribution in [-0.2, 0) is 9.59 Å². The molecule has 0 aliphatic carbocycles. The van der Waals surface area contributed by atoms with Crippen molar-refractivity contribution >= 4 is 34.8 Å². The summed E-state index contributed by atoms with van der Waals surface area (Å²) in [5.74, 6) is -0.379. The Morgan fingerprint density at radius 1 is 1.33 bits per heavy atom. The van der Waals surface area contributed by atoms with E-state index in [0.717, 1.165) is 24.4 Å². The van der Waals surface area contributed by atoms with Crippen LogP contribution in [0.1, 0.15) is 24.1 Å². The Morgan fingerprint density at radius 2 is 2.10 bits per heavy atom. The average molecular weight is 330 g/mol. The van der Waals surface area contributed by atoms with Gasteiger partial charge in [0.15, 0.2) is 0 Å². The molecule has 1 aromatic heterocycles. The van der Waals surface area contributed by atoms with E-state index < -0.39 is 0 Å². The van der Waals surface area contributed by atoms with Gasteiger partial charge in [-0.3, -0.25) is 14.5 Å². The molecule has 21 heavy (non-hydrogen) atoms. The van der Waals surface area contributed by atoms with Crippen molar-refractivity contribution in [1.82, 2.24) is 9.80 Å². The molecule has 2 rings (SSSR count). The fourth-order valence-electron chi connectivity index (χ4n) is 2.53. The monoisotopic (exact) mass is 329 g/mol. The summed E-state index contributed by atoms with van der Waals surface area (Å²) < 4.78 is 0.702. The molecule has 1 aromatic rings. The number of thiophene rings is 1. The van der Waals surface area contributed by atoms with Crippen LogP contribution in [-0.4, -0.2) is 54.3 Å². The first kappa shape index (κ1) is 16.3. The van der Waals surface area contributed by atoms with Crippen LogP contribution in [0.5, 0.6) is 0 Å². The molecule has 2 heterocycles. The van der Waals surface area contributed by atoms with Gasteiger partial charge in [0.1, 0.15) is 0 Å². The van der Waals surface area contributed by atoms with Crippen LogP contribution < -0.4 is 5.73 Å². The number of nitrogens with two attached hydrogens (primary N) is 1. The Balaban J connectivity index is 1.95.